The fourth-order valence-electron chi connectivity index (χ4n) is 2.01. The summed E-state index contributed by atoms with van der Waals surface area (Å²) >= 11 is 5.89. The van der Waals surface area contributed by atoms with Gasteiger partial charge in [0, 0.05) is 17.5 Å². The van der Waals surface area contributed by atoms with Crippen molar-refractivity contribution in [2.45, 2.75) is 25.8 Å². The molecule has 1 aliphatic rings. The van der Waals surface area contributed by atoms with Crippen LogP contribution in [0.2, 0.25) is 5.02 Å². The van der Waals surface area contributed by atoms with Crippen LogP contribution in [0.1, 0.15) is 24.8 Å². The first-order valence-corrected chi connectivity index (χ1v) is 6.30. The lowest BCUT2D eigenvalue weighted by Gasteiger charge is -2.17. The molecular formula is C14H16ClNO. The Balaban J connectivity index is 1.85. The second-order valence-corrected chi connectivity index (χ2v) is 4.77. The van der Waals surface area contributed by atoms with E-state index in [0.29, 0.717) is 11.6 Å². The molecule has 0 aliphatic heterocycles. The number of hydrogen-bond donors (Lipinski definition) is 1. The molecule has 2 rings (SSSR count). The van der Waals surface area contributed by atoms with E-state index in [4.69, 9.17) is 11.6 Å². The summed E-state index contributed by atoms with van der Waals surface area (Å²) in [5, 5.41) is 3.67. The molecule has 0 fully saturated rings. The van der Waals surface area contributed by atoms with Crippen LogP contribution < -0.4 is 5.32 Å². The summed E-state index contributed by atoms with van der Waals surface area (Å²) in [6, 6.07) is 7.57. The molecule has 0 saturated carbocycles. The van der Waals surface area contributed by atoms with Gasteiger partial charge in [0.2, 0.25) is 5.91 Å². The first kappa shape index (κ1) is 12.2. The van der Waals surface area contributed by atoms with Crippen molar-refractivity contribution in [3.05, 3.63) is 47.0 Å². The van der Waals surface area contributed by atoms with Gasteiger partial charge in [-0.15, -0.1) is 0 Å². The number of hydrogen-bond acceptors (Lipinski definition) is 1. The zero-order chi connectivity index (χ0) is 12.1. The SMILES string of the molecule is O=C(NCc1cccc(Cl)c1)[C@@H]1CC=CCC1. The normalized spacial score (nSPS) is 19.0. The first-order chi connectivity index (χ1) is 8.25. The van der Waals surface area contributed by atoms with E-state index in [9.17, 15) is 4.79 Å². The summed E-state index contributed by atoms with van der Waals surface area (Å²) < 4.78 is 0. The van der Waals surface area contributed by atoms with Gasteiger partial charge in [-0.2, -0.15) is 0 Å². The second kappa shape index (κ2) is 5.87. The van der Waals surface area contributed by atoms with Crippen LogP contribution in [0.3, 0.4) is 0 Å². The molecule has 3 heteroatoms. The van der Waals surface area contributed by atoms with Gasteiger partial charge in [-0.05, 0) is 37.0 Å². The Bertz CT molecular complexity index is 428. The molecule has 0 aromatic heterocycles. The number of amides is 1. The zero-order valence-corrected chi connectivity index (χ0v) is 10.4. The van der Waals surface area contributed by atoms with Crippen molar-refractivity contribution < 1.29 is 4.79 Å². The maximum absolute atomic E-state index is 11.9. The van der Waals surface area contributed by atoms with E-state index in [2.05, 4.69) is 17.5 Å². The molecule has 90 valence electrons. The predicted molar refractivity (Wildman–Crippen MR) is 69.8 cm³/mol. The molecule has 0 heterocycles. The Labute approximate surface area is 107 Å². The van der Waals surface area contributed by atoms with E-state index in [1.54, 1.807) is 0 Å². The fourth-order valence-corrected chi connectivity index (χ4v) is 2.23. The average molecular weight is 250 g/mol. The van der Waals surface area contributed by atoms with E-state index < -0.39 is 0 Å². The highest BCUT2D eigenvalue weighted by Gasteiger charge is 2.17. The minimum Gasteiger partial charge on any atom is -0.352 e. The Morgan fingerprint density at radius 2 is 2.29 bits per heavy atom. The number of carbonyl (C=O) groups is 1. The molecule has 0 radical (unpaired) electrons. The van der Waals surface area contributed by atoms with Crippen molar-refractivity contribution >= 4 is 17.5 Å². The van der Waals surface area contributed by atoms with Gasteiger partial charge in [-0.3, -0.25) is 4.79 Å². The molecule has 1 amide bonds. The Morgan fingerprint density at radius 3 is 3.00 bits per heavy atom. The Kier molecular flexibility index (Phi) is 4.21. The lowest BCUT2D eigenvalue weighted by molar-refractivity contribution is -0.125. The Morgan fingerprint density at radius 1 is 1.41 bits per heavy atom. The van der Waals surface area contributed by atoms with Crippen LogP contribution in [-0.2, 0) is 11.3 Å². The van der Waals surface area contributed by atoms with Gasteiger partial charge in [0.15, 0.2) is 0 Å². The van der Waals surface area contributed by atoms with E-state index in [-0.39, 0.29) is 11.8 Å². The van der Waals surface area contributed by atoms with Gasteiger partial charge in [0.05, 0.1) is 0 Å². The largest absolute Gasteiger partial charge is 0.352 e. The molecule has 0 bridgehead atoms. The topological polar surface area (TPSA) is 29.1 Å². The van der Waals surface area contributed by atoms with Crippen LogP contribution in [0.4, 0.5) is 0 Å². The minimum atomic E-state index is 0.138. The molecule has 1 aliphatic carbocycles. The highest BCUT2D eigenvalue weighted by atomic mass is 35.5. The third-order valence-corrected chi connectivity index (χ3v) is 3.23. The zero-order valence-electron chi connectivity index (χ0n) is 9.66. The first-order valence-electron chi connectivity index (χ1n) is 5.93. The summed E-state index contributed by atoms with van der Waals surface area (Å²) in [7, 11) is 0. The van der Waals surface area contributed by atoms with E-state index >= 15 is 0 Å². The van der Waals surface area contributed by atoms with Gasteiger partial charge in [0.1, 0.15) is 0 Å². The van der Waals surface area contributed by atoms with Crippen molar-refractivity contribution in [3.8, 4) is 0 Å². The van der Waals surface area contributed by atoms with Crippen LogP contribution in [0, 0.1) is 5.92 Å². The number of rotatable bonds is 3. The van der Waals surface area contributed by atoms with Crippen molar-refractivity contribution in [3.63, 3.8) is 0 Å². The Hall–Kier alpha value is -1.28. The van der Waals surface area contributed by atoms with Crippen molar-refractivity contribution in [1.82, 2.24) is 5.32 Å². The molecular weight excluding hydrogens is 234 g/mol. The van der Waals surface area contributed by atoms with Crippen molar-refractivity contribution in [2.75, 3.05) is 0 Å². The summed E-state index contributed by atoms with van der Waals surface area (Å²) in [6.07, 6.45) is 7.06. The van der Waals surface area contributed by atoms with Gasteiger partial charge in [0.25, 0.3) is 0 Å². The van der Waals surface area contributed by atoms with E-state index in [0.717, 1.165) is 24.8 Å². The van der Waals surface area contributed by atoms with Crippen LogP contribution in [-0.4, -0.2) is 5.91 Å². The summed E-state index contributed by atoms with van der Waals surface area (Å²) in [4.78, 5) is 11.9. The lowest BCUT2D eigenvalue weighted by Crippen LogP contribution is -2.30. The van der Waals surface area contributed by atoms with Crippen LogP contribution in [0.15, 0.2) is 36.4 Å². The number of halogens is 1. The fraction of sp³-hybridized carbons (Fsp3) is 0.357. The molecule has 2 nitrogen and oxygen atoms in total. The molecule has 1 N–H and O–H groups in total. The number of carbonyl (C=O) groups excluding carboxylic acids is 1. The number of allylic oxidation sites excluding steroid dienone is 2. The highest BCUT2D eigenvalue weighted by molar-refractivity contribution is 6.30. The van der Waals surface area contributed by atoms with Crippen molar-refractivity contribution in [2.24, 2.45) is 5.92 Å². The highest BCUT2D eigenvalue weighted by Crippen LogP contribution is 2.18. The van der Waals surface area contributed by atoms with E-state index in [1.807, 2.05) is 24.3 Å². The quantitative estimate of drug-likeness (QED) is 0.819. The van der Waals surface area contributed by atoms with Gasteiger partial charge in [-0.25, -0.2) is 0 Å². The molecule has 0 saturated heterocycles. The standard InChI is InChI=1S/C14H16ClNO/c15-13-8-4-5-11(9-13)10-16-14(17)12-6-2-1-3-7-12/h1-2,4-5,8-9,12H,3,6-7,10H2,(H,16,17)/t12-/m1/s1. The van der Waals surface area contributed by atoms with Gasteiger partial charge >= 0.3 is 0 Å². The lowest BCUT2D eigenvalue weighted by atomic mass is 9.93. The van der Waals surface area contributed by atoms with Gasteiger partial charge < -0.3 is 5.32 Å². The molecule has 1 atom stereocenters. The molecule has 1 aromatic carbocycles. The third kappa shape index (κ3) is 3.60. The third-order valence-electron chi connectivity index (χ3n) is 3.00. The predicted octanol–water partition coefficient (Wildman–Crippen LogP) is 3.31. The maximum atomic E-state index is 11.9. The number of nitrogens with one attached hydrogen (secondary N) is 1. The maximum Gasteiger partial charge on any atom is 0.223 e. The molecule has 17 heavy (non-hydrogen) atoms. The molecule has 1 aromatic rings. The molecule has 0 unspecified atom stereocenters. The van der Waals surface area contributed by atoms with Crippen LogP contribution in [0.25, 0.3) is 0 Å². The second-order valence-electron chi connectivity index (χ2n) is 4.33. The smallest absolute Gasteiger partial charge is 0.223 e. The van der Waals surface area contributed by atoms with Gasteiger partial charge in [-0.1, -0.05) is 35.9 Å². The minimum absolute atomic E-state index is 0.138. The summed E-state index contributed by atoms with van der Waals surface area (Å²) in [5.41, 5.74) is 1.04. The van der Waals surface area contributed by atoms with E-state index in [1.165, 1.54) is 0 Å². The van der Waals surface area contributed by atoms with Crippen LogP contribution >= 0.6 is 11.6 Å². The van der Waals surface area contributed by atoms with Crippen molar-refractivity contribution in [1.29, 1.82) is 0 Å². The number of benzene rings is 1. The monoisotopic (exact) mass is 249 g/mol. The summed E-state index contributed by atoms with van der Waals surface area (Å²) in [6.45, 7) is 0.555. The summed E-state index contributed by atoms with van der Waals surface area (Å²) in [5.74, 6) is 0.286. The van der Waals surface area contributed by atoms with Crippen LogP contribution in [0.5, 0.6) is 0 Å². The molecule has 0 spiro atoms. The average Bonchev–Trinajstić information content (AvgIpc) is 2.37.